The van der Waals surface area contributed by atoms with Crippen molar-refractivity contribution >= 4 is 43.5 Å². The molecule has 8 aromatic carbocycles. The van der Waals surface area contributed by atoms with Gasteiger partial charge in [-0.3, -0.25) is 0 Å². The Balaban J connectivity index is 1.18. The van der Waals surface area contributed by atoms with E-state index in [1.165, 1.54) is 21.7 Å². The zero-order valence-corrected chi connectivity index (χ0v) is 27.5. The van der Waals surface area contributed by atoms with Gasteiger partial charge in [-0.2, -0.15) is 0 Å². The van der Waals surface area contributed by atoms with Crippen LogP contribution in [-0.2, 0) is 0 Å². The topological polar surface area (TPSA) is 51.8 Å². The average molecular weight is 652 g/mol. The number of nitrogens with zero attached hydrogens (tertiary/aromatic N) is 3. The smallest absolute Gasteiger partial charge is 0.164 e. The zero-order valence-electron chi connectivity index (χ0n) is 27.5. The molecule has 0 amide bonds. The van der Waals surface area contributed by atoms with Crippen molar-refractivity contribution in [2.45, 2.75) is 0 Å². The maximum atomic E-state index is 6.47. The van der Waals surface area contributed by atoms with Gasteiger partial charge in [-0.25, -0.2) is 15.0 Å². The van der Waals surface area contributed by atoms with Crippen molar-refractivity contribution in [2.75, 3.05) is 0 Å². The summed E-state index contributed by atoms with van der Waals surface area (Å²) in [5, 5.41) is 6.78. The average Bonchev–Trinajstić information content (AvgIpc) is 3.60. The third-order valence-corrected chi connectivity index (χ3v) is 9.73. The lowest BCUT2D eigenvalue weighted by Crippen LogP contribution is -2.00. The van der Waals surface area contributed by atoms with Gasteiger partial charge in [0.2, 0.25) is 0 Å². The van der Waals surface area contributed by atoms with Crippen molar-refractivity contribution in [2.24, 2.45) is 0 Å². The minimum absolute atomic E-state index is 0.595. The summed E-state index contributed by atoms with van der Waals surface area (Å²) in [6, 6.07) is 61.0. The Kier molecular flexibility index (Phi) is 6.78. The van der Waals surface area contributed by atoms with E-state index in [9.17, 15) is 0 Å². The van der Waals surface area contributed by atoms with Crippen molar-refractivity contribution < 1.29 is 4.42 Å². The summed E-state index contributed by atoms with van der Waals surface area (Å²) in [4.78, 5) is 15.5. The first-order chi connectivity index (χ1) is 25.3. The monoisotopic (exact) mass is 651 g/mol. The van der Waals surface area contributed by atoms with Crippen LogP contribution in [-0.4, -0.2) is 15.0 Å². The lowest BCUT2D eigenvalue weighted by Gasteiger charge is -2.11. The van der Waals surface area contributed by atoms with E-state index in [2.05, 4.69) is 146 Å². The summed E-state index contributed by atoms with van der Waals surface area (Å²) in [6.07, 6.45) is 0. The molecule has 51 heavy (non-hydrogen) atoms. The number of benzene rings is 8. The number of furan rings is 1. The van der Waals surface area contributed by atoms with Crippen LogP contribution in [0.15, 0.2) is 180 Å². The van der Waals surface area contributed by atoms with Gasteiger partial charge in [0, 0.05) is 27.5 Å². The molecule has 0 atom stereocenters. The molecule has 0 saturated carbocycles. The Morgan fingerprint density at radius 1 is 0.314 bits per heavy atom. The van der Waals surface area contributed by atoms with Crippen molar-refractivity contribution in [1.29, 1.82) is 0 Å². The number of hydrogen-bond acceptors (Lipinski definition) is 4. The number of hydrogen-bond donors (Lipinski definition) is 0. The Morgan fingerprint density at radius 2 is 0.843 bits per heavy atom. The Labute approximate surface area is 294 Å². The summed E-state index contributed by atoms with van der Waals surface area (Å²) < 4.78 is 6.47. The van der Waals surface area contributed by atoms with Gasteiger partial charge >= 0.3 is 0 Å². The molecule has 0 N–H and O–H groups in total. The van der Waals surface area contributed by atoms with Gasteiger partial charge < -0.3 is 4.42 Å². The van der Waals surface area contributed by atoms with Crippen molar-refractivity contribution in [3.05, 3.63) is 176 Å². The molecule has 0 spiro atoms. The van der Waals surface area contributed by atoms with Crippen LogP contribution < -0.4 is 0 Å². The Hall–Kier alpha value is -6.91. The fourth-order valence-corrected chi connectivity index (χ4v) is 7.27. The molecule has 238 valence electrons. The van der Waals surface area contributed by atoms with Crippen LogP contribution in [0.25, 0.3) is 99.9 Å². The second-order valence-electron chi connectivity index (χ2n) is 12.8. The quantitative estimate of drug-likeness (QED) is 0.186. The number of aromatic nitrogens is 3. The Morgan fingerprint density at radius 3 is 1.65 bits per heavy atom. The molecule has 0 aliphatic heterocycles. The molecular formula is C47H29N3O. The molecule has 0 bridgehead atoms. The van der Waals surface area contributed by atoms with Gasteiger partial charge in [0.15, 0.2) is 17.5 Å². The lowest BCUT2D eigenvalue weighted by atomic mass is 9.97. The molecule has 0 fully saturated rings. The summed E-state index contributed by atoms with van der Waals surface area (Å²) in [5.41, 5.74) is 8.92. The number of rotatable bonds is 5. The highest BCUT2D eigenvalue weighted by Gasteiger charge is 2.20. The van der Waals surface area contributed by atoms with E-state index in [0.29, 0.717) is 17.5 Å². The first-order valence-electron chi connectivity index (χ1n) is 17.1. The predicted molar refractivity (Wildman–Crippen MR) is 209 cm³/mol. The maximum Gasteiger partial charge on any atom is 0.164 e. The normalized spacial score (nSPS) is 11.5. The minimum Gasteiger partial charge on any atom is -0.456 e. The van der Waals surface area contributed by atoms with Crippen LogP contribution in [0.5, 0.6) is 0 Å². The van der Waals surface area contributed by atoms with Crippen LogP contribution in [0, 0.1) is 0 Å². The standard InChI is InChI=1S/C47H29N3O/c1-2-12-32(13-3-1)39-19-9-21-41-43(39)44-40(20-10-22-42(44)51-41)47-49-45(48-46(50-47)36-28-23-30-11-4-5-15-35(30)29-36)34-26-24-33(25-27-34)38-18-8-16-31-14-6-7-17-37(31)38/h1-29H. The highest BCUT2D eigenvalue weighted by atomic mass is 16.3. The molecule has 0 radical (unpaired) electrons. The fraction of sp³-hybridized carbons (Fsp3) is 0. The highest BCUT2D eigenvalue weighted by Crippen LogP contribution is 2.41. The predicted octanol–water partition coefficient (Wildman–Crippen LogP) is 12.4. The third kappa shape index (κ3) is 5.04. The molecule has 10 aromatic rings. The van der Waals surface area contributed by atoms with Gasteiger partial charge in [0.05, 0.1) is 0 Å². The molecule has 2 aromatic heterocycles. The first-order valence-corrected chi connectivity index (χ1v) is 17.1. The molecular weight excluding hydrogens is 623 g/mol. The van der Waals surface area contributed by atoms with Gasteiger partial charge in [-0.05, 0) is 62.0 Å². The lowest BCUT2D eigenvalue weighted by molar-refractivity contribution is 0.669. The Bertz CT molecular complexity index is 2900. The molecule has 4 nitrogen and oxygen atoms in total. The van der Waals surface area contributed by atoms with Crippen molar-refractivity contribution in [1.82, 2.24) is 15.0 Å². The van der Waals surface area contributed by atoms with Crippen LogP contribution in [0.3, 0.4) is 0 Å². The third-order valence-electron chi connectivity index (χ3n) is 9.73. The summed E-state index contributed by atoms with van der Waals surface area (Å²) in [6.45, 7) is 0. The SMILES string of the molecule is c1ccc(-c2cccc3oc4cccc(-c5nc(-c6ccc(-c7cccc8ccccc78)cc6)nc(-c6ccc7ccccc7c6)n5)c4c23)cc1. The maximum absolute atomic E-state index is 6.47. The fourth-order valence-electron chi connectivity index (χ4n) is 7.27. The minimum atomic E-state index is 0.595. The van der Waals surface area contributed by atoms with E-state index in [-0.39, 0.29) is 0 Å². The van der Waals surface area contributed by atoms with E-state index in [4.69, 9.17) is 19.4 Å². The van der Waals surface area contributed by atoms with Crippen molar-refractivity contribution in [3.8, 4) is 56.4 Å². The molecule has 4 heteroatoms. The second-order valence-corrected chi connectivity index (χ2v) is 12.8. The van der Waals surface area contributed by atoms with E-state index >= 15 is 0 Å². The van der Waals surface area contributed by atoms with Gasteiger partial charge in [-0.15, -0.1) is 0 Å². The van der Waals surface area contributed by atoms with Gasteiger partial charge in [0.1, 0.15) is 11.2 Å². The zero-order chi connectivity index (χ0) is 33.7. The van der Waals surface area contributed by atoms with Crippen LogP contribution in [0.4, 0.5) is 0 Å². The highest BCUT2D eigenvalue weighted by molar-refractivity contribution is 6.17. The molecule has 0 aliphatic carbocycles. The molecule has 0 saturated heterocycles. The van der Waals surface area contributed by atoms with Crippen molar-refractivity contribution in [3.63, 3.8) is 0 Å². The van der Waals surface area contributed by atoms with Crippen LogP contribution in [0.2, 0.25) is 0 Å². The molecule has 0 unspecified atom stereocenters. The van der Waals surface area contributed by atoms with Gasteiger partial charge in [0.25, 0.3) is 0 Å². The summed E-state index contributed by atoms with van der Waals surface area (Å²) in [5.74, 6) is 1.82. The molecule has 2 heterocycles. The first kappa shape index (κ1) is 29.0. The number of fused-ring (bicyclic) bond motifs is 5. The van der Waals surface area contributed by atoms with Crippen LogP contribution >= 0.6 is 0 Å². The van der Waals surface area contributed by atoms with E-state index in [1.54, 1.807) is 0 Å². The summed E-state index contributed by atoms with van der Waals surface area (Å²) >= 11 is 0. The summed E-state index contributed by atoms with van der Waals surface area (Å²) in [7, 11) is 0. The molecule has 10 rings (SSSR count). The van der Waals surface area contributed by atoms with Crippen LogP contribution in [0.1, 0.15) is 0 Å². The largest absolute Gasteiger partial charge is 0.456 e. The van der Waals surface area contributed by atoms with E-state index < -0.39 is 0 Å². The van der Waals surface area contributed by atoms with Gasteiger partial charge in [-0.1, -0.05) is 158 Å². The van der Waals surface area contributed by atoms with E-state index in [1.807, 2.05) is 30.3 Å². The van der Waals surface area contributed by atoms with E-state index in [0.717, 1.165) is 60.7 Å². The molecule has 0 aliphatic rings. The second kappa shape index (κ2) is 11.9.